The van der Waals surface area contributed by atoms with Crippen LogP contribution in [0.3, 0.4) is 0 Å². The summed E-state index contributed by atoms with van der Waals surface area (Å²) in [7, 11) is 0. The number of amides is 1. The van der Waals surface area contributed by atoms with Gasteiger partial charge in [0, 0.05) is 19.6 Å². The standard InChI is InChI=1S/C23H26N4O2/c1-18-21(16-24-27(18)20-10-6-3-7-11-20)23(28)25-22(19-8-4-2-5-9-19)17-26-12-14-29-15-13-26/h2-11,16,22H,12-15,17H2,1H3,(H,25,28). The summed E-state index contributed by atoms with van der Waals surface area (Å²) < 4.78 is 7.26. The summed E-state index contributed by atoms with van der Waals surface area (Å²) >= 11 is 0. The number of ether oxygens (including phenoxy) is 1. The number of nitrogens with zero attached hydrogens (tertiary/aromatic N) is 3. The van der Waals surface area contributed by atoms with Gasteiger partial charge in [0.05, 0.1) is 42.4 Å². The second-order valence-corrected chi connectivity index (χ2v) is 7.24. The fraction of sp³-hybridized carbons (Fsp3) is 0.304. The van der Waals surface area contributed by atoms with Crippen LogP contribution in [0.15, 0.2) is 66.9 Å². The number of carbonyl (C=O) groups is 1. The van der Waals surface area contributed by atoms with Gasteiger partial charge in [0.15, 0.2) is 0 Å². The number of morpholine rings is 1. The molecule has 2 heterocycles. The van der Waals surface area contributed by atoms with Crippen molar-refractivity contribution in [2.24, 2.45) is 0 Å². The van der Waals surface area contributed by atoms with Crippen LogP contribution in [0.5, 0.6) is 0 Å². The molecule has 1 N–H and O–H groups in total. The minimum Gasteiger partial charge on any atom is -0.379 e. The van der Waals surface area contributed by atoms with E-state index in [1.807, 2.05) is 55.5 Å². The van der Waals surface area contributed by atoms with Crippen LogP contribution in [0, 0.1) is 6.92 Å². The Morgan fingerprint density at radius 2 is 1.72 bits per heavy atom. The molecule has 6 heteroatoms. The Morgan fingerprint density at radius 3 is 2.41 bits per heavy atom. The van der Waals surface area contributed by atoms with Gasteiger partial charge in [0.25, 0.3) is 5.91 Å². The zero-order valence-corrected chi connectivity index (χ0v) is 16.6. The maximum absolute atomic E-state index is 13.1. The van der Waals surface area contributed by atoms with Crippen LogP contribution in [0.1, 0.15) is 27.7 Å². The van der Waals surface area contributed by atoms with Crippen molar-refractivity contribution in [2.75, 3.05) is 32.8 Å². The third-order valence-corrected chi connectivity index (χ3v) is 5.31. The van der Waals surface area contributed by atoms with Crippen molar-refractivity contribution in [3.05, 3.63) is 83.7 Å². The molecule has 1 aliphatic rings. The Balaban J connectivity index is 1.54. The number of hydrogen-bond donors (Lipinski definition) is 1. The Kier molecular flexibility index (Phi) is 6.03. The molecule has 0 spiro atoms. The third-order valence-electron chi connectivity index (χ3n) is 5.31. The van der Waals surface area contributed by atoms with Crippen LogP contribution in [0.4, 0.5) is 0 Å². The molecule has 0 radical (unpaired) electrons. The number of carbonyl (C=O) groups excluding carboxylic acids is 1. The van der Waals surface area contributed by atoms with E-state index < -0.39 is 0 Å². The number of nitrogens with one attached hydrogen (secondary N) is 1. The Labute approximate surface area is 171 Å². The summed E-state index contributed by atoms with van der Waals surface area (Å²) in [6.45, 7) is 5.91. The average Bonchev–Trinajstić information content (AvgIpc) is 3.16. The van der Waals surface area contributed by atoms with Crippen LogP contribution in [0.2, 0.25) is 0 Å². The largest absolute Gasteiger partial charge is 0.379 e. The van der Waals surface area contributed by atoms with Crippen molar-refractivity contribution in [2.45, 2.75) is 13.0 Å². The van der Waals surface area contributed by atoms with Gasteiger partial charge in [-0.1, -0.05) is 48.5 Å². The van der Waals surface area contributed by atoms with Crippen LogP contribution < -0.4 is 5.32 Å². The van der Waals surface area contributed by atoms with E-state index in [1.165, 1.54) is 0 Å². The summed E-state index contributed by atoms with van der Waals surface area (Å²) in [4.78, 5) is 15.5. The molecule has 1 unspecified atom stereocenters. The lowest BCUT2D eigenvalue weighted by Crippen LogP contribution is -2.43. The molecular weight excluding hydrogens is 364 g/mol. The van der Waals surface area contributed by atoms with E-state index in [0.29, 0.717) is 5.56 Å². The predicted molar refractivity (Wildman–Crippen MR) is 112 cm³/mol. The molecule has 1 aliphatic heterocycles. The topological polar surface area (TPSA) is 59.4 Å². The maximum atomic E-state index is 13.1. The van der Waals surface area contributed by atoms with Crippen LogP contribution >= 0.6 is 0 Å². The van der Waals surface area contributed by atoms with Crippen molar-refractivity contribution >= 4 is 5.91 Å². The lowest BCUT2D eigenvalue weighted by molar-refractivity contribution is 0.0332. The smallest absolute Gasteiger partial charge is 0.255 e. The van der Waals surface area contributed by atoms with Crippen LogP contribution in [-0.2, 0) is 4.74 Å². The van der Waals surface area contributed by atoms with Gasteiger partial charge in [-0.15, -0.1) is 0 Å². The highest BCUT2D eigenvalue weighted by atomic mass is 16.5. The Morgan fingerprint density at radius 1 is 1.07 bits per heavy atom. The molecule has 1 atom stereocenters. The van der Waals surface area contributed by atoms with E-state index in [2.05, 4.69) is 27.4 Å². The number of aromatic nitrogens is 2. The molecule has 1 amide bonds. The van der Waals surface area contributed by atoms with Gasteiger partial charge < -0.3 is 10.1 Å². The van der Waals surface area contributed by atoms with Crippen molar-refractivity contribution in [3.63, 3.8) is 0 Å². The highest BCUT2D eigenvalue weighted by molar-refractivity contribution is 5.95. The summed E-state index contributed by atoms with van der Waals surface area (Å²) in [5.41, 5.74) is 3.46. The van der Waals surface area contributed by atoms with Crippen LogP contribution in [0.25, 0.3) is 5.69 Å². The number of para-hydroxylation sites is 1. The van der Waals surface area contributed by atoms with Gasteiger partial charge in [-0.25, -0.2) is 4.68 Å². The first-order valence-electron chi connectivity index (χ1n) is 9.98. The lowest BCUT2D eigenvalue weighted by Gasteiger charge is -2.31. The minimum absolute atomic E-state index is 0.0960. The van der Waals surface area contributed by atoms with Gasteiger partial charge in [-0.05, 0) is 24.6 Å². The quantitative estimate of drug-likeness (QED) is 0.703. The first-order chi connectivity index (χ1) is 14.2. The molecule has 150 valence electrons. The summed E-state index contributed by atoms with van der Waals surface area (Å²) in [5.74, 6) is -0.105. The Bertz CT molecular complexity index is 934. The van der Waals surface area contributed by atoms with E-state index in [-0.39, 0.29) is 11.9 Å². The molecular formula is C23H26N4O2. The van der Waals surface area contributed by atoms with Crippen molar-refractivity contribution in [3.8, 4) is 5.69 Å². The van der Waals surface area contributed by atoms with E-state index >= 15 is 0 Å². The van der Waals surface area contributed by atoms with Gasteiger partial charge in [0.1, 0.15) is 0 Å². The molecule has 1 fully saturated rings. The van der Waals surface area contributed by atoms with Gasteiger partial charge in [-0.3, -0.25) is 9.69 Å². The van der Waals surface area contributed by atoms with Gasteiger partial charge >= 0.3 is 0 Å². The van der Waals surface area contributed by atoms with E-state index in [4.69, 9.17) is 4.74 Å². The molecule has 3 aromatic rings. The van der Waals surface area contributed by atoms with Crippen molar-refractivity contribution < 1.29 is 9.53 Å². The van der Waals surface area contributed by atoms with Crippen molar-refractivity contribution in [1.29, 1.82) is 0 Å². The highest BCUT2D eigenvalue weighted by Crippen LogP contribution is 2.18. The first kappa shape index (κ1) is 19.4. The molecule has 0 saturated carbocycles. The zero-order valence-electron chi connectivity index (χ0n) is 16.6. The van der Waals surface area contributed by atoms with Gasteiger partial charge in [-0.2, -0.15) is 5.10 Å². The second kappa shape index (κ2) is 9.03. The lowest BCUT2D eigenvalue weighted by atomic mass is 10.1. The molecule has 29 heavy (non-hydrogen) atoms. The zero-order chi connectivity index (χ0) is 20.1. The fourth-order valence-electron chi connectivity index (χ4n) is 3.66. The second-order valence-electron chi connectivity index (χ2n) is 7.24. The van der Waals surface area contributed by atoms with Crippen LogP contribution in [-0.4, -0.2) is 53.4 Å². The summed E-state index contributed by atoms with van der Waals surface area (Å²) in [6.07, 6.45) is 1.65. The number of benzene rings is 2. The normalized spacial score (nSPS) is 15.8. The van der Waals surface area contributed by atoms with Gasteiger partial charge in [0.2, 0.25) is 0 Å². The molecule has 4 rings (SSSR count). The monoisotopic (exact) mass is 390 g/mol. The van der Waals surface area contributed by atoms with E-state index in [0.717, 1.165) is 49.8 Å². The fourth-order valence-corrected chi connectivity index (χ4v) is 3.66. The molecule has 1 aromatic heterocycles. The molecule has 2 aromatic carbocycles. The van der Waals surface area contributed by atoms with E-state index in [1.54, 1.807) is 10.9 Å². The number of rotatable bonds is 6. The predicted octanol–water partition coefficient (Wildman–Crippen LogP) is 2.98. The summed E-state index contributed by atoms with van der Waals surface area (Å²) in [6, 6.07) is 19.9. The average molecular weight is 390 g/mol. The summed E-state index contributed by atoms with van der Waals surface area (Å²) in [5, 5.41) is 7.66. The molecule has 0 bridgehead atoms. The Hall–Kier alpha value is -2.96. The SMILES string of the molecule is Cc1c(C(=O)NC(CN2CCOCC2)c2ccccc2)cnn1-c1ccccc1. The van der Waals surface area contributed by atoms with E-state index in [9.17, 15) is 4.79 Å². The number of hydrogen-bond acceptors (Lipinski definition) is 4. The molecule has 1 saturated heterocycles. The minimum atomic E-state index is -0.105. The maximum Gasteiger partial charge on any atom is 0.255 e. The first-order valence-corrected chi connectivity index (χ1v) is 9.98. The highest BCUT2D eigenvalue weighted by Gasteiger charge is 2.23. The third kappa shape index (κ3) is 4.55. The molecule has 0 aliphatic carbocycles. The van der Waals surface area contributed by atoms with Crippen molar-refractivity contribution in [1.82, 2.24) is 20.0 Å². The molecule has 6 nitrogen and oxygen atoms in total.